The van der Waals surface area contributed by atoms with Crippen molar-refractivity contribution in [1.29, 1.82) is 0 Å². The highest BCUT2D eigenvalue weighted by Gasteiger charge is 2.20. The maximum atomic E-state index is 10.4. The average molecular weight is 358 g/mol. The number of aliphatic hydroxyl groups excluding tert-OH is 1. The van der Waals surface area contributed by atoms with Crippen LogP contribution in [0.4, 0.5) is 0 Å². The summed E-state index contributed by atoms with van der Waals surface area (Å²) in [6.07, 6.45) is -0.671. The van der Waals surface area contributed by atoms with E-state index in [0.717, 1.165) is 0 Å². The molecule has 0 aliphatic heterocycles. The summed E-state index contributed by atoms with van der Waals surface area (Å²) >= 11 is 12.7. The van der Waals surface area contributed by atoms with Gasteiger partial charge in [0.2, 0.25) is 9.92 Å². The molecular formula is C8H6N8OS4. The third-order valence-electron chi connectivity index (χ3n) is 2.81. The molecular weight excluding hydrogens is 352 g/mol. The molecule has 4 heterocycles. The molecule has 9 nitrogen and oxygen atoms in total. The molecule has 4 aromatic rings. The normalized spacial score (nSPS) is 13.4. The Morgan fingerprint density at radius 1 is 1.00 bits per heavy atom. The van der Waals surface area contributed by atoms with Crippen molar-refractivity contribution in [3.05, 3.63) is 19.6 Å². The number of nitrogens with zero attached hydrogens (tertiary/aromatic N) is 6. The minimum Gasteiger partial charge on any atom is -0.385 e. The van der Waals surface area contributed by atoms with Gasteiger partial charge in [0.15, 0.2) is 19.6 Å². The van der Waals surface area contributed by atoms with E-state index in [4.69, 9.17) is 24.4 Å². The second-order valence-corrected chi connectivity index (χ2v) is 7.42. The predicted octanol–water partition coefficient (Wildman–Crippen LogP) is 1.29. The summed E-state index contributed by atoms with van der Waals surface area (Å²) in [6.45, 7) is 0. The van der Waals surface area contributed by atoms with Crippen molar-refractivity contribution in [3.8, 4) is 0 Å². The lowest BCUT2D eigenvalue weighted by atomic mass is 10.2. The summed E-state index contributed by atoms with van der Waals surface area (Å²) in [4.78, 5) is 1.26. The summed E-state index contributed by atoms with van der Waals surface area (Å²) in [5.41, 5.74) is 0. The summed E-state index contributed by atoms with van der Waals surface area (Å²) in [6, 6.07) is 0. The van der Waals surface area contributed by atoms with Gasteiger partial charge in [0, 0.05) is 6.42 Å². The number of aromatic nitrogens is 8. The molecule has 21 heavy (non-hydrogen) atoms. The van der Waals surface area contributed by atoms with Crippen LogP contribution in [0.5, 0.6) is 0 Å². The second kappa shape index (κ2) is 4.74. The predicted molar refractivity (Wildman–Crippen MR) is 80.8 cm³/mol. The number of hydrogen-bond donors (Lipinski definition) is 3. The summed E-state index contributed by atoms with van der Waals surface area (Å²) < 4.78 is 4.40. The van der Waals surface area contributed by atoms with Crippen molar-refractivity contribution in [1.82, 2.24) is 39.6 Å². The zero-order valence-corrected chi connectivity index (χ0v) is 13.3. The molecule has 0 spiro atoms. The van der Waals surface area contributed by atoms with Gasteiger partial charge in [-0.05, 0) is 24.4 Å². The van der Waals surface area contributed by atoms with Crippen molar-refractivity contribution >= 4 is 57.0 Å². The van der Waals surface area contributed by atoms with Crippen LogP contribution in [0.2, 0.25) is 0 Å². The SMILES string of the molecule is OC(Cc1nnc2sc(=S)[nH]n12)c1nnc2sc(=S)[nH]n12. The van der Waals surface area contributed by atoms with Gasteiger partial charge in [-0.25, -0.2) is 9.03 Å². The van der Waals surface area contributed by atoms with Crippen LogP contribution in [0, 0.1) is 7.91 Å². The molecule has 0 saturated carbocycles. The fourth-order valence-electron chi connectivity index (χ4n) is 1.94. The second-order valence-electron chi connectivity index (χ2n) is 4.13. The van der Waals surface area contributed by atoms with Gasteiger partial charge >= 0.3 is 0 Å². The molecule has 0 fully saturated rings. The Hall–Kier alpha value is -1.54. The van der Waals surface area contributed by atoms with Crippen molar-refractivity contribution in [2.45, 2.75) is 12.5 Å². The first-order chi connectivity index (χ1) is 10.1. The lowest BCUT2D eigenvalue weighted by Crippen LogP contribution is -2.10. The number of H-pyrrole nitrogens is 2. The topological polar surface area (TPSA) is 112 Å². The van der Waals surface area contributed by atoms with Crippen molar-refractivity contribution in [2.75, 3.05) is 0 Å². The molecule has 0 aliphatic rings. The van der Waals surface area contributed by atoms with E-state index < -0.39 is 6.10 Å². The van der Waals surface area contributed by atoms with Gasteiger partial charge in [0.1, 0.15) is 6.10 Å². The molecule has 13 heteroatoms. The first kappa shape index (κ1) is 13.1. The van der Waals surface area contributed by atoms with Gasteiger partial charge in [-0.3, -0.25) is 10.2 Å². The van der Waals surface area contributed by atoms with E-state index in [1.54, 1.807) is 9.03 Å². The fraction of sp³-hybridized carbons (Fsp3) is 0.250. The molecule has 4 aromatic heterocycles. The maximum absolute atomic E-state index is 10.4. The Morgan fingerprint density at radius 2 is 1.62 bits per heavy atom. The van der Waals surface area contributed by atoms with Gasteiger partial charge in [-0.2, -0.15) is 0 Å². The number of nitrogens with one attached hydrogen (secondary N) is 2. The van der Waals surface area contributed by atoms with Crippen molar-refractivity contribution in [2.24, 2.45) is 0 Å². The molecule has 0 bridgehead atoms. The first-order valence-corrected chi connectivity index (χ1v) is 8.12. The van der Waals surface area contributed by atoms with Crippen molar-refractivity contribution < 1.29 is 5.11 Å². The summed E-state index contributed by atoms with van der Waals surface area (Å²) in [7, 11) is 0. The van der Waals surface area contributed by atoms with Gasteiger partial charge in [-0.15, -0.1) is 20.4 Å². The molecule has 0 radical (unpaired) electrons. The zero-order chi connectivity index (χ0) is 14.6. The molecule has 1 unspecified atom stereocenters. The standard InChI is InChI=1S/C8H6N8OS4/c17-2(4-10-12-6-16(4)14-8(19)21-6)1-3-9-11-5-15(3)13-7(18)20-5/h2,17H,1H2,(H,13,18)(H,14,19). The fourth-order valence-corrected chi connectivity index (χ4v) is 3.81. The van der Waals surface area contributed by atoms with Gasteiger partial charge in [-0.1, -0.05) is 22.7 Å². The number of fused-ring (bicyclic) bond motifs is 2. The van der Waals surface area contributed by atoms with E-state index in [9.17, 15) is 5.11 Å². The lowest BCUT2D eigenvalue weighted by molar-refractivity contribution is 0.162. The minimum absolute atomic E-state index is 0.223. The molecule has 0 aromatic carbocycles. The monoisotopic (exact) mass is 358 g/mol. The summed E-state index contributed by atoms with van der Waals surface area (Å²) in [5.74, 6) is 0.943. The lowest BCUT2D eigenvalue weighted by Gasteiger charge is -2.05. The Balaban J connectivity index is 1.72. The minimum atomic E-state index is -0.894. The van der Waals surface area contributed by atoms with Gasteiger partial charge in [0.25, 0.3) is 0 Å². The van der Waals surface area contributed by atoms with Gasteiger partial charge < -0.3 is 5.11 Å². The largest absolute Gasteiger partial charge is 0.385 e. The van der Waals surface area contributed by atoms with E-state index in [1.165, 1.54) is 22.7 Å². The highest BCUT2D eigenvalue weighted by molar-refractivity contribution is 7.73. The van der Waals surface area contributed by atoms with E-state index in [1.807, 2.05) is 0 Å². The average Bonchev–Trinajstić information content (AvgIpc) is 3.12. The van der Waals surface area contributed by atoms with Gasteiger partial charge in [0.05, 0.1) is 0 Å². The van der Waals surface area contributed by atoms with Crippen LogP contribution < -0.4 is 0 Å². The Bertz CT molecular complexity index is 1050. The number of hydrogen-bond acceptors (Lipinski definition) is 9. The molecule has 0 aliphatic carbocycles. The van der Waals surface area contributed by atoms with E-state index in [2.05, 4.69) is 30.6 Å². The van der Waals surface area contributed by atoms with Crippen LogP contribution in [0.15, 0.2) is 0 Å². The first-order valence-electron chi connectivity index (χ1n) is 5.67. The Labute approximate surface area is 133 Å². The van der Waals surface area contributed by atoms with E-state index in [-0.39, 0.29) is 6.42 Å². The number of aliphatic hydroxyl groups is 1. The number of rotatable bonds is 3. The van der Waals surface area contributed by atoms with Crippen LogP contribution in [0.25, 0.3) is 9.92 Å². The molecule has 108 valence electrons. The zero-order valence-electron chi connectivity index (χ0n) is 10.0. The van der Waals surface area contributed by atoms with Crippen molar-refractivity contribution in [3.63, 3.8) is 0 Å². The quantitative estimate of drug-likeness (QED) is 0.473. The maximum Gasteiger partial charge on any atom is 0.233 e. The third kappa shape index (κ3) is 2.13. The molecule has 3 N–H and O–H groups in total. The third-order valence-corrected chi connectivity index (χ3v) is 4.94. The number of aromatic amines is 2. The van der Waals surface area contributed by atoms with E-state index in [0.29, 0.717) is 29.5 Å². The highest BCUT2D eigenvalue weighted by Crippen LogP contribution is 2.19. The molecule has 4 rings (SSSR count). The van der Waals surface area contributed by atoms with Crippen LogP contribution in [0.3, 0.4) is 0 Å². The van der Waals surface area contributed by atoms with Crippen LogP contribution in [0.1, 0.15) is 17.8 Å². The summed E-state index contributed by atoms with van der Waals surface area (Å²) in [5, 5.41) is 32.2. The van der Waals surface area contributed by atoms with Crippen LogP contribution in [-0.4, -0.2) is 44.7 Å². The van der Waals surface area contributed by atoms with Crippen LogP contribution in [-0.2, 0) is 6.42 Å². The highest BCUT2D eigenvalue weighted by atomic mass is 32.2. The van der Waals surface area contributed by atoms with E-state index >= 15 is 0 Å². The molecule has 0 saturated heterocycles. The Kier molecular flexibility index (Phi) is 2.97. The van der Waals surface area contributed by atoms with Crippen LogP contribution >= 0.6 is 47.1 Å². The Morgan fingerprint density at radius 3 is 2.38 bits per heavy atom. The smallest absolute Gasteiger partial charge is 0.233 e. The molecule has 0 amide bonds. The molecule has 1 atom stereocenters.